The first-order valence-corrected chi connectivity index (χ1v) is 9.67. The molecule has 152 valence electrons. The number of carbonyl (C=O) groups is 1. The standard InChI is InChI=1S/C15H20N5O7P/c1-6(2)12(22)18-15-17-11-9(13(23)19-15)16-5-20(11)14-10(27-28(24)25)7(3)8(4-21)26-14/h5-8,10,14,21H,4H2,1-3H3,(H2,17,18,19,22,23). The maximum atomic E-state index is 12.3. The summed E-state index contributed by atoms with van der Waals surface area (Å²) in [7, 11) is -3.18. The lowest BCUT2D eigenvalue weighted by atomic mass is 10.0. The van der Waals surface area contributed by atoms with Gasteiger partial charge in [-0.2, -0.15) is 4.98 Å². The Hall–Kier alpha value is -2.24. The summed E-state index contributed by atoms with van der Waals surface area (Å²) in [5.74, 6) is -1.21. The fourth-order valence-electron chi connectivity index (χ4n) is 2.96. The molecule has 1 aliphatic rings. The van der Waals surface area contributed by atoms with Crippen molar-refractivity contribution in [2.75, 3.05) is 11.9 Å². The van der Waals surface area contributed by atoms with E-state index in [4.69, 9.17) is 9.26 Å². The van der Waals surface area contributed by atoms with Gasteiger partial charge in [-0.05, 0) is 4.57 Å². The van der Waals surface area contributed by atoms with Crippen LogP contribution in [0.2, 0.25) is 0 Å². The smallest absolute Gasteiger partial charge is 0.488 e. The number of nitrogens with zero attached hydrogens (tertiary/aromatic N) is 3. The van der Waals surface area contributed by atoms with Crippen molar-refractivity contribution in [3.05, 3.63) is 16.7 Å². The molecule has 5 unspecified atom stereocenters. The Kier molecular flexibility index (Phi) is 5.87. The molecule has 0 radical (unpaired) electrons. The molecule has 0 aromatic carbocycles. The van der Waals surface area contributed by atoms with Crippen LogP contribution in [0.25, 0.3) is 11.2 Å². The molecule has 0 aliphatic carbocycles. The van der Waals surface area contributed by atoms with Gasteiger partial charge in [-0.1, -0.05) is 20.8 Å². The van der Waals surface area contributed by atoms with E-state index in [2.05, 4.69) is 20.3 Å². The van der Waals surface area contributed by atoms with Crippen LogP contribution in [0.3, 0.4) is 0 Å². The van der Waals surface area contributed by atoms with Gasteiger partial charge in [0.2, 0.25) is 11.9 Å². The maximum absolute atomic E-state index is 12.3. The van der Waals surface area contributed by atoms with E-state index in [0.717, 1.165) is 0 Å². The lowest BCUT2D eigenvalue weighted by Gasteiger charge is -2.18. The predicted octanol–water partition coefficient (Wildman–Crippen LogP) is -0.357. The molecule has 3 N–H and O–H groups in total. The van der Waals surface area contributed by atoms with E-state index >= 15 is 0 Å². The summed E-state index contributed by atoms with van der Waals surface area (Å²) in [6.45, 7) is 4.71. The number of aliphatic hydroxyl groups is 1. The van der Waals surface area contributed by atoms with Crippen molar-refractivity contribution in [1.82, 2.24) is 19.5 Å². The van der Waals surface area contributed by atoms with E-state index in [1.54, 1.807) is 20.8 Å². The highest BCUT2D eigenvalue weighted by molar-refractivity contribution is 7.30. The fraction of sp³-hybridized carbons (Fsp3) is 0.600. The molecular formula is C15H20N5O7P. The number of anilines is 1. The van der Waals surface area contributed by atoms with Crippen molar-refractivity contribution in [3.8, 4) is 0 Å². The zero-order valence-electron chi connectivity index (χ0n) is 15.4. The van der Waals surface area contributed by atoms with Gasteiger partial charge in [-0.25, -0.2) is 4.98 Å². The molecule has 0 spiro atoms. The van der Waals surface area contributed by atoms with Gasteiger partial charge in [-0.3, -0.25) is 24.5 Å². The van der Waals surface area contributed by atoms with E-state index in [0.29, 0.717) is 0 Å². The second-order valence-electron chi connectivity index (χ2n) is 6.78. The third-order valence-electron chi connectivity index (χ3n) is 4.56. The summed E-state index contributed by atoms with van der Waals surface area (Å²) in [6.07, 6.45) is -1.35. The average Bonchev–Trinajstić information content (AvgIpc) is 3.16. The number of aromatic nitrogens is 4. The Morgan fingerprint density at radius 1 is 1.57 bits per heavy atom. The lowest BCUT2D eigenvalue weighted by Crippen LogP contribution is -2.28. The third kappa shape index (κ3) is 3.82. The van der Waals surface area contributed by atoms with Crippen molar-refractivity contribution in [2.45, 2.75) is 39.2 Å². The summed E-state index contributed by atoms with van der Waals surface area (Å²) >= 11 is 0. The van der Waals surface area contributed by atoms with E-state index < -0.39 is 38.2 Å². The number of rotatable bonds is 6. The molecule has 2 aromatic rings. The molecule has 12 nitrogen and oxygen atoms in total. The Morgan fingerprint density at radius 2 is 2.29 bits per heavy atom. The zero-order chi connectivity index (χ0) is 20.6. The topological polar surface area (TPSA) is 171 Å². The molecule has 3 rings (SSSR count). The molecule has 2 aromatic heterocycles. The van der Waals surface area contributed by atoms with Crippen LogP contribution < -0.4 is 15.8 Å². The first-order chi connectivity index (χ1) is 13.2. The van der Waals surface area contributed by atoms with E-state index in [-0.39, 0.29) is 35.5 Å². The second kappa shape index (κ2) is 8.02. The third-order valence-corrected chi connectivity index (χ3v) is 4.98. The second-order valence-corrected chi connectivity index (χ2v) is 7.44. The minimum absolute atomic E-state index is 0.0171. The van der Waals surface area contributed by atoms with Crippen LogP contribution in [-0.2, 0) is 18.6 Å². The van der Waals surface area contributed by atoms with Crippen LogP contribution in [0.15, 0.2) is 11.1 Å². The van der Waals surface area contributed by atoms with E-state index in [1.807, 2.05) is 0 Å². The number of carbonyl (C=O) groups excluding carboxylic acids is 1. The predicted molar refractivity (Wildman–Crippen MR) is 94.3 cm³/mol. The summed E-state index contributed by atoms with van der Waals surface area (Å²) in [5.41, 5.74) is -0.523. The number of hydrogen-bond donors (Lipinski definition) is 3. The van der Waals surface area contributed by atoms with Crippen LogP contribution >= 0.6 is 8.25 Å². The monoisotopic (exact) mass is 413 g/mol. The number of nitrogens with one attached hydrogen (secondary N) is 2. The van der Waals surface area contributed by atoms with Gasteiger partial charge >= 0.3 is 8.25 Å². The molecule has 1 fully saturated rings. The molecule has 1 amide bonds. The minimum atomic E-state index is -3.18. The minimum Gasteiger partial charge on any atom is -0.566 e. The lowest BCUT2D eigenvalue weighted by molar-refractivity contribution is -0.193. The van der Waals surface area contributed by atoms with Crippen LogP contribution in [0.5, 0.6) is 0 Å². The summed E-state index contributed by atoms with van der Waals surface area (Å²) in [6, 6.07) is 0. The highest BCUT2D eigenvalue weighted by Gasteiger charge is 2.47. The van der Waals surface area contributed by atoms with Crippen molar-refractivity contribution < 1.29 is 28.6 Å². The highest BCUT2D eigenvalue weighted by Crippen LogP contribution is 2.39. The highest BCUT2D eigenvalue weighted by atomic mass is 31.1. The molecule has 1 saturated heterocycles. The molecule has 0 bridgehead atoms. The Labute approximate surface area is 159 Å². The van der Waals surface area contributed by atoms with Gasteiger partial charge < -0.3 is 14.7 Å². The van der Waals surface area contributed by atoms with Crippen molar-refractivity contribution in [2.24, 2.45) is 11.8 Å². The summed E-state index contributed by atoms with van der Waals surface area (Å²) in [5, 5.41) is 12.0. The van der Waals surface area contributed by atoms with Crippen LogP contribution in [0.1, 0.15) is 27.0 Å². The summed E-state index contributed by atoms with van der Waals surface area (Å²) < 4.78 is 23.2. The normalized spacial score (nSPS) is 25.4. The molecule has 5 atom stereocenters. The quantitative estimate of drug-likeness (QED) is 0.535. The molecular weight excluding hydrogens is 393 g/mol. The Balaban J connectivity index is 2.04. The van der Waals surface area contributed by atoms with E-state index in [9.17, 15) is 24.2 Å². The van der Waals surface area contributed by atoms with Gasteiger partial charge in [0, 0.05) is 11.8 Å². The van der Waals surface area contributed by atoms with Gasteiger partial charge in [0.1, 0.15) is 0 Å². The number of H-pyrrole nitrogens is 1. The molecule has 13 heteroatoms. The first kappa shape index (κ1) is 20.5. The molecule has 28 heavy (non-hydrogen) atoms. The number of aromatic amines is 1. The van der Waals surface area contributed by atoms with Gasteiger partial charge in [0.05, 0.1) is 19.0 Å². The maximum Gasteiger partial charge on any atom is 0.488 e. The summed E-state index contributed by atoms with van der Waals surface area (Å²) in [4.78, 5) is 46.0. The van der Waals surface area contributed by atoms with Crippen LogP contribution in [0, 0.1) is 11.8 Å². The SMILES string of the molecule is CC(C)C(=O)Nc1nc2c(ncn2C2OC(CO)C(C)C2O[P+](=O)[O-])c(=O)[nH]1. The fourth-order valence-corrected chi connectivity index (χ4v) is 3.46. The number of ether oxygens (including phenoxy) is 1. The van der Waals surface area contributed by atoms with Crippen molar-refractivity contribution in [3.63, 3.8) is 0 Å². The number of amides is 1. The van der Waals surface area contributed by atoms with Crippen molar-refractivity contribution in [1.29, 1.82) is 0 Å². The van der Waals surface area contributed by atoms with Gasteiger partial charge in [0.25, 0.3) is 5.56 Å². The first-order valence-electron chi connectivity index (χ1n) is 8.58. The van der Waals surface area contributed by atoms with Crippen LogP contribution in [-0.4, -0.2) is 49.3 Å². The van der Waals surface area contributed by atoms with Gasteiger partial charge in [-0.15, -0.1) is 4.52 Å². The largest absolute Gasteiger partial charge is 0.566 e. The number of hydrogen-bond acceptors (Lipinski definition) is 9. The van der Waals surface area contributed by atoms with Crippen molar-refractivity contribution >= 4 is 31.3 Å². The zero-order valence-corrected chi connectivity index (χ0v) is 16.3. The Bertz CT molecular complexity index is 958. The molecule has 1 aliphatic heterocycles. The number of fused-ring (bicyclic) bond motifs is 1. The number of aliphatic hydroxyl groups excluding tert-OH is 1. The number of imidazole rings is 1. The van der Waals surface area contributed by atoms with E-state index in [1.165, 1.54) is 10.9 Å². The molecule has 0 saturated carbocycles. The Morgan fingerprint density at radius 3 is 2.89 bits per heavy atom. The van der Waals surface area contributed by atoms with Crippen LogP contribution in [0.4, 0.5) is 5.95 Å². The molecule has 3 heterocycles. The van der Waals surface area contributed by atoms with Gasteiger partial charge in [0.15, 0.2) is 23.5 Å². The average molecular weight is 413 g/mol.